The Bertz CT molecular complexity index is 953. The molecule has 8 heteroatoms. The summed E-state index contributed by atoms with van der Waals surface area (Å²) >= 11 is 0. The number of rotatable bonds is 3. The molecule has 0 unspecified atom stereocenters. The van der Waals surface area contributed by atoms with Crippen LogP contribution in [0.1, 0.15) is 13.8 Å². The highest BCUT2D eigenvalue weighted by Crippen LogP contribution is 2.35. The fourth-order valence-electron chi connectivity index (χ4n) is 4.16. The van der Waals surface area contributed by atoms with E-state index in [0.29, 0.717) is 12.1 Å². The van der Waals surface area contributed by atoms with Crippen molar-refractivity contribution < 1.29 is 9.47 Å². The second-order valence-electron chi connectivity index (χ2n) is 7.65. The van der Waals surface area contributed by atoms with Crippen molar-refractivity contribution >= 4 is 22.5 Å². The Hall–Kier alpha value is -2.58. The smallest absolute Gasteiger partial charge is 0.142 e. The summed E-state index contributed by atoms with van der Waals surface area (Å²) in [5, 5.41) is 8.24. The Kier molecular flexibility index (Phi) is 4.44. The molecule has 2 N–H and O–H groups in total. The third-order valence-electron chi connectivity index (χ3n) is 5.69. The maximum absolute atomic E-state index is 5.67. The van der Waals surface area contributed by atoms with Crippen molar-refractivity contribution in [1.29, 1.82) is 0 Å². The van der Waals surface area contributed by atoms with Crippen LogP contribution in [0.25, 0.3) is 22.4 Å². The van der Waals surface area contributed by atoms with Crippen molar-refractivity contribution in [2.24, 2.45) is 0 Å². The van der Waals surface area contributed by atoms with Crippen molar-refractivity contribution in [3.05, 3.63) is 24.4 Å². The molecular weight excluding hydrogens is 356 g/mol. The van der Waals surface area contributed by atoms with E-state index in [1.807, 2.05) is 6.07 Å². The number of hydrogen-bond acceptors (Lipinski definition) is 6. The maximum atomic E-state index is 5.67. The van der Waals surface area contributed by atoms with Gasteiger partial charge in [0.1, 0.15) is 11.5 Å². The molecule has 0 amide bonds. The topological polar surface area (TPSA) is 82.3 Å². The van der Waals surface area contributed by atoms with Gasteiger partial charge in [-0.25, -0.2) is 4.98 Å². The minimum atomic E-state index is 0.302. The molecule has 0 aliphatic carbocycles. The van der Waals surface area contributed by atoms with E-state index >= 15 is 0 Å². The first-order valence-electron chi connectivity index (χ1n) is 9.93. The Morgan fingerprint density at radius 1 is 1.00 bits per heavy atom. The third-order valence-corrected chi connectivity index (χ3v) is 5.69. The summed E-state index contributed by atoms with van der Waals surface area (Å²) in [4.78, 5) is 13.3. The molecular formula is C20H26N6O2. The molecule has 0 bridgehead atoms. The summed E-state index contributed by atoms with van der Waals surface area (Å²) in [6, 6.07) is 6.99. The van der Waals surface area contributed by atoms with Gasteiger partial charge in [-0.1, -0.05) is 0 Å². The van der Waals surface area contributed by atoms with E-state index in [4.69, 9.17) is 14.5 Å². The molecule has 2 aliphatic heterocycles. The molecule has 148 valence electrons. The molecule has 2 saturated heterocycles. The SMILES string of the molecule is C[C@@H]1COCCN1c1cc(N2CCOC[C@@H]2C)nc2[nH]c(-c3ccn[nH]3)cc12. The first-order valence-corrected chi connectivity index (χ1v) is 9.93. The van der Waals surface area contributed by atoms with Crippen LogP contribution in [0.3, 0.4) is 0 Å². The number of aromatic amines is 2. The minimum Gasteiger partial charge on any atom is -0.377 e. The average molecular weight is 382 g/mol. The molecule has 8 nitrogen and oxygen atoms in total. The van der Waals surface area contributed by atoms with Gasteiger partial charge in [-0.2, -0.15) is 5.10 Å². The maximum Gasteiger partial charge on any atom is 0.142 e. The van der Waals surface area contributed by atoms with Gasteiger partial charge in [0.2, 0.25) is 0 Å². The van der Waals surface area contributed by atoms with Crippen LogP contribution in [0, 0.1) is 0 Å². The monoisotopic (exact) mass is 382 g/mol. The lowest BCUT2D eigenvalue weighted by Crippen LogP contribution is -2.45. The average Bonchev–Trinajstić information content (AvgIpc) is 3.37. The van der Waals surface area contributed by atoms with Crippen molar-refractivity contribution in [2.75, 3.05) is 49.3 Å². The van der Waals surface area contributed by atoms with E-state index in [9.17, 15) is 0 Å². The lowest BCUT2D eigenvalue weighted by molar-refractivity contribution is 0.0981. The van der Waals surface area contributed by atoms with Gasteiger partial charge in [-0.05, 0) is 26.0 Å². The summed E-state index contributed by atoms with van der Waals surface area (Å²) < 4.78 is 11.3. The van der Waals surface area contributed by atoms with Crippen molar-refractivity contribution in [2.45, 2.75) is 25.9 Å². The highest BCUT2D eigenvalue weighted by molar-refractivity contribution is 5.95. The predicted molar refractivity (Wildman–Crippen MR) is 109 cm³/mol. The number of ether oxygens (including phenoxy) is 2. The van der Waals surface area contributed by atoms with Crippen molar-refractivity contribution in [3.63, 3.8) is 0 Å². The molecule has 5 heterocycles. The molecule has 3 aromatic heterocycles. The molecule has 0 radical (unpaired) electrons. The van der Waals surface area contributed by atoms with Crippen LogP contribution >= 0.6 is 0 Å². The number of pyridine rings is 1. The number of fused-ring (bicyclic) bond motifs is 1. The molecule has 28 heavy (non-hydrogen) atoms. The summed E-state index contributed by atoms with van der Waals surface area (Å²) in [5.74, 6) is 0.995. The standard InChI is InChI=1S/C20H26N6O2/c1-13-11-27-7-5-25(13)18-10-19(26-6-8-28-12-14(26)2)23-20-15(18)9-17(22-20)16-3-4-21-24-16/h3-4,9-10,13-14H,5-8,11-12H2,1-2H3,(H,21,24)(H,22,23)/t13-,14+/m1/s1. The van der Waals surface area contributed by atoms with E-state index in [0.717, 1.165) is 67.8 Å². The molecule has 0 aromatic carbocycles. The molecule has 2 fully saturated rings. The number of hydrogen-bond donors (Lipinski definition) is 2. The largest absolute Gasteiger partial charge is 0.377 e. The van der Waals surface area contributed by atoms with Gasteiger partial charge < -0.3 is 24.3 Å². The van der Waals surface area contributed by atoms with E-state index in [-0.39, 0.29) is 0 Å². The zero-order valence-electron chi connectivity index (χ0n) is 16.3. The van der Waals surface area contributed by atoms with Crippen LogP contribution in [-0.2, 0) is 9.47 Å². The van der Waals surface area contributed by atoms with Crippen LogP contribution in [0.15, 0.2) is 24.4 Å². The number of H-pyrrole nitrogens is 2. The van der Waals surface area contributed by atoms with Gasteiger partial charge in [-0.15, -0.1) is 0 Å². The van der Waals surface area contributed by atoms with Crippen LogP contribution in [0.4, 0.5) is 11.5 Å². The van der Waals surface area contributed by atoms with E-state index < -0.39 is 0 Å². The number of anilines is 2. The van der Waals surface area contributed by atoms with Gasteiger partial charge in [0.05, 0.1) is 49.5 Å². The third kappa shape index (κ3) is 3.02. The van der Waals surface area contributed by atoms with Crippen LogP contribution < -0.4 is 9.80 Å². The Morgan fingerprint density at radius 3 is 2.43 bits per heavy atom. The van der Waals surface area contributed by atoms with Crippen LogP contribution in [0.2, 0.25) is 0 Å². The summed E-state index contributed by atoms with van der Waals surface area (Å²) in [7, 11) is 0. The summed E-state index contributed by atoms with van der Waals surface area (Å²) in [6.45, 7) is 9.08. The molecule has 2 atom stereocenters. The Morgan fingerprint density at radius 2 is 1.75 bits per heavy atom. The van der Waals surface area contributed by atoms with Gasteiger partial charge in [0.25, 0.3) is 0 Å². The zero-order chi connectivity index (χ0) is 19.1. The van der Waals surface area contributed by atoms with E-state index in [1.165, 1.54) is 5.69 Å². The fraction of sp³-hybridized carbons (Fsp3) is 0.500. The van der Waals surface area contributed by atoms with Crippen molar-refractivity contribution in [1.82, 2.24) is 20.2 Å². The van der Waals surface area contributed by atoms with Gasteiger partial charge in [0, 0.05) is 36.8 Å². The lowest BCUT2D eigenvalue weighted by atomic mass is 10.1. The van der Waals surface area contributed by atoms with Crippen LogP contribution in [-0.4, -0.2) is 71.8 Å². The van der Waals surface area contributed by atoms with Gasteiger partial charge in [0.15, 0.2) is 0 Å². The first-order chi connectivity index (χ1) is 13.7. The quantitative estimate of drug-likeness (QED) is 0.724. The highest BCUT2D eigenvalue weighted by atomic mass is 16.5. The molecule has 5 rings (SSSR count). The number of nitrogens with one attached hydrogen (secondary N) is 2. The Labute approximate surface area is 163 Å². The van der Waals surface area contributed by atoms with E-state index in [1.54, 1.807) is 6.20 Å². The number of morpholine rings is 2. The minimum absolute atomic E-state index is 0.302. The van der Waals surface area contributed by atoms with Crippen LogP contribution in [0.5, 0.6) is 0 Å². The molecule has 0 saturated carbocycles. The zero-order valence-corrected chi connectivity index (χ0v) is 16.3. The van der Waals surface area contributed by atoms with E-state index in [2.05, 4.69) is 51.0 Å². The van der Waals surface area contributed by atoms with Gasteiger partial charge >= 0.3 is 0 Å². The Balaban J connectivity index is 1.65. The summed E-state index contributed by atoms with van der Waals surface area (Å²) in [6.07, 6.45) is 1.76. The fourth-order valence-corrected chi connectivity index (χ4v) is 4.16. The summed E-state index contributed by atoms with van der Waals surface area (Å²) in [5.41, 5.74) is 4.06. The highest BCUT2D eigenvalue weighted by Gasteiger charge is 2.26. The molecule has 0 spiro atoms. The second-order valence-corrected chi connectivity index (χ2v) is 7.65. The first kappa shape index (κ1) is 17.5. The molecule has 3 aromatic rings. The normalized spacial score (nSPS) is 23.5. The molecule has 2 aliphatic rings. The number of nitrogens with zero attached hydrogens (tertiary/aromatic N) is 4. The lowest BCUT2D eigenvalue weighted by Gasteiger charge is -2.38. The number of aromatic nitrogens is 4. The van der Waals surface area contributed by atoms with Gasteiger partial charge in [-0.3, -0.25) is 5.10 Å². The second kappa shape index (κ2) is 7.10. The van der Waals surface area contributed by atoms with Crippen molar-refractivity contribution in [3.8, 4) is 11.4 Å². The predicted octanol–water partition coefficient (Wildman–Crippen LogP) is 2.40.